The lowest BCUT2D eigenvalue weighted by Crippen LogP contribution is -2.45. The third kappa shape index (κ3) is 55.7. The van der Waals surface area contributed by atoms with Gasteiger partial charge in [-0.1, -0.05) is 326 Å². The molecule has 0 aliphatic carbocycles. The molecule has 0 aromatic carbocycles. The predicted octanol–water partition coefficient (Wildman–Crippen LogP) is 19.8. The Hall–Kier alpha value is -1.43. The summed E-state index contributed by atoms with van der Waals surface area (Å²) in [5.74, 6) is -0.323. The molecule has 0 saturated carbocycles. The summed E-state index contributed by atoms with van der Waals surface area (Å²) in [5.41, 5.74) is 0. The molecule has 5 heteroatoms. The molecule has 4 N–H and O–H groups in total. The van der Waals surface area contributed by atoms with E-state index in [9.17, 15) is 20.1 Å². The fraction of sp³-hybridized carbons (Fsp3) is 0.891. The van der Waals surface area contributed by atoms with E-state index in [2.05, 4.69) is 43.5 Å². The number of hydrogen-bond acceptors (Lipinski definition) is 4. The van der Waals surface area contributed by atoms with Gasteiger partial charge in [0.25, 0.3) is 0 Å². The van der Waals surface area contributed by atoms with Gasteiger partial charge < -0.3 is 20.6 Å². The number of rotatable bonds is 58. The van der Waals surface area contributed by atoms with E-state index in [1.54, 1.807) is 6.08 Å². The van der Waals surface area contributed by atoms with Gasteiger partial charge in [-0.05, 0) is 44.9 Å². The highest BCUT2D eigenvalue weighted by Crippen LogP contribution is 2.18. The lowest BCUT2D eigenvalue weighted by Gasteiger charge is -2.21. The molecule has 3 unspecified atom stereocenters. The van der Waals surface area contributed by atoms with Crippen molar-refractivity contribution in [3.8, 4) is 0 Å². The lowest BCUT2D eigenvalue weighted by atomic mass is 10.0. The van der Waals surface area contributed by atoms with Crippen LogP contribution in [0.1, 0.15) is 341 Å². The van der Waals surface area contributed by atoms with Gasteiger partial charge in [-0.3, -0.25) is 4.79 Å². The second-order valence-electron chi connectivity index (χ2n) is 21.7. The highest BCUT2D eigenvalue weighted by atomic mass is 16.3. The second-order valence-corrected chi connectivity index (χ2v) is 21.7. The topological polar surface area (TPSA) is 89.8 Å². The first-order valence-electron chi connectivity index (χ1n) is 31.3. The van der Waals surface area contributed by atoms with Crippen molar-refractivity contribution >= 4 is 5.91 Å². The van der Waals surface area contributed by atoms with Gasteiger partial charge in [0.05, 0.1) is 31.3 Å². The Morgan fingerprint density at radius 3 is 0.928 bits per heavy atom. The van der Waals surface area contributed by atoms with E-state index in [0.29, 0.717) is 6.42 Å². The average molecular weight is 971 g/mol. The van der Waals surface area contributed by atoms with Crippen LogP contribution in [0.4, 0.5) is 0 Å². The van der Waals surface area contributed by atoms with Crippen LogP contribution in [0, 0.1) is 0 Å². The van der Waals surface area contributed by atoms with Crippen LogP contribution in [0.25, 0.3) is 0 Å². The van der Waals surface area contributed by atoms with Crippen LogP contribution in [0.3, 0.4) is 0 Å². The Kier molecular flexibility index (Phi) is 57.9. The zero-order valence-corrected chi connectivity index (χ0v) is 46.7. The molecule has 0 aromatic heterocycles. The SMILES string of the molecule is CCCCCCCCCCCCCCCC/C=C/CC/C=C/CC/C=C/C(O)C(CO)NC(=O)CC(O)CCCCCCCCCCCCCCCCCCCCCCCCCCCCCCCC. The smallest absolute Gasteiger partial charge is 0.222 e. The monoisotopic (exact) mass is 970 g/mol. The highest BCUT2D eigenvalue weighted by Gasteiger charge is 2.20. The van der Waals surface area contributed by atoms with E-state index in [1.807, 2.05) is 6.08 Å². The minimum Gasteiger partial charge on any atom is -0.394 e. The van der Waals surface area contributed by atoms with Gasteiger partial charge in [-0.25, -0.2) is 0 Å². The summed E-state index contributed by atoms with van der Waals surface area (Å²) in [6.45, 7) is 4.24. The van der Waals surface area contributed by atoms with Gasteiger partial charge >= 0.3 is 0 Å². The van der Waals surface area contributed by atoms with Crippen molar-refractivity contribution in [2.75, 3.05) is 6.61 Å². The highest BCUT2D eigenvalue weighted by molar-refractivity contribution is 5.76. The van der Waals surface area contributed by atoms with Crippen LogP contribution < -0.4 is 5.32 Å². The van der Waals surface area contributed by atoms with Crippen molar-refractivity contribution in [2.24, 2.45) is 0 Å². The minimum atomic E-state index is -0.960. The zero-order chi connectivity index (χ0) is 50.0. The Morgan fingerprint density at radius 1 is 0.362 bits per heavy atom. The first-order chi connectivity index (χ1) is 34.0. The van der Waals surface area contributed by atoms with E-state index in [-0.39, 0.29) is 18.9 Å². The molecule has 0 fully saturated rings. The number of carbonyl (C=O) groups is 1. The summed E-state index contributed by atoms with van der Waals surface area (Å²) in [7, 11) is 0. The molecular formula is C64H123NO4. The Balaban J connectivity index is 3.55. The number of aliphatic hydroxyl groups excluding tert-OH is 3. The number of aliphatic hydroxyl groups is 3. The van der Waals surface area contributed by atoms with E-state index in [0.717, 1.165) is 38.5 Å². The molecule has 1 amide bonds. The van der Waals surface area contributed by atoms with Crippen LogP contribution in [0.2, 0.25) is 0 Å². The Bertz CT molecular complexity index is 1070. The van der Waals surface area contributed by atoms with Crippen molar-refractivity contribution in [3.05, 3.63) is 36.5 Å². The summed E-state index contributed by atoms with van der Waals surface area (Å²) in [5, 5.41) is 33.5. The van der Waals surface area contributed by atoms with E-state index in [1.165, 1.54) is 276 Å². The third-order valence-corrected chi connectivity index (χ3v) is 14.7. The van der Waals surface area contributed by atoms with Crippen LogP contribution in [-0.4, -0.2) is 46.1 Å². The maximum atomic E-state index is 12.5. The summed E-state index contributed by atoms with van der Waals surface area (Å²) < 4.78 is 0. The first-order valence-corrected chi connectivity index (χ1v) is 31.3. The van der Waals surface area contributed by atoms with Crippen molar-refractivity contribution < 1.29 is 20.1 Å². The molecular weight excluding hydrogens is 847 g/mol. The van der Waals surface area contributed by atoms with Crippen molar-refractivity contribution in [1.82, 2.24) is 5.32 Å². The molecule has 0 aromatic rings. The fourth-order valence-corrected chi connectivity index (χ4v) is 9.91. The van der Waals surface area contributed by atoms with E-state index >= 15 is 0 Å². The van der Waals surface area contributed by atoms with Crippen molar-refractivity contribution in [3.63, 3.8) is 0 Å². The zero-order valence-electron chi connectivity index (χ0n) is 46.7. The fourth-order valence-electron chi connectivity index (χ4n) is 9.91. The molecule has 0 aliphatic heterocycles. The summed E-state index contributed by atoms with van der Waals surface area (Å²) in [4.78, 5) is 12.5. The molecule has 3 atom stereocenters. The molecule has 0 spiro atoms. The largest absolute Gasteiger partial charge is 0.394 e. The normalized spacial score (nSPS) is 13.4. The number of nitrogens with one attached hydrogen (secondary N) is 1. The summed E-state index contributed by atoms with van der Waals surface area (Å²) in [6, 6.07) is -0.767. The van der Waals surface area contributed by atoms with Gasteiger partial charge in [-0.2, -0.15) is 0 Å². The lowest BCUT2D eigenvalue weighted by molar-refractivity contribution is -0.124. The van der Waals surface area contributed by atoms with Gasteiger partial charge in [0, 0.05) is 0 Å². The molecule has 0 rings (SSSR count). The average Bonchev–Trinajstić information content (AvgIpc) is 3.35. The van der Waals surface area contributed by atoms with E-state index in [4.69, 9.17) is 0 Å². The number of hydrogen-bond donors (Lipinski definition) is 4. The van der Waals surface area contributed by atoms with Gasteiger partial charge in [0.15, 0.2) is 0 Å². The molecule has 5 nitrogen and oxygen atoms in total. The molecule has 408 valence electrons. The van der Waals surface area contributed by atoms with Crippen LogP contribution in [-0.2, 0) is 4.79 Å². The molecule has 0 aliphatic rings. The van der Waals surface area contributed by atoms with Crippen LogP contribution in [0.5, 0.6) is 0 Å². The Labute approximate surface area is 432 Å². The maximum Gasteiger partial charge on any atom is 0.222 e. The van der Waals surface area contributed by atoms with Gasteiger partial charge in [-0.15, -0.1) is 0 Å². The maximum absolute atomic E-state index is 12.5. The molecule has 0 saturated heterocycles. The minimum absolute atomic E-state index is 0.00591. The summed E-state index contributed by atoms with van der Waals surface area (Å²) >= 11 is 0. The number of carbonyl (C=O) groups excluding carboxylic acids is 1. The third-order valence-electron chi connectivity index (χ3n) is 14.7. The van der Waals surface area contributed by atoms with E-state index < -0.39 is 18.2 Å². The Morgan fingerprint density at radius 2 is 0.623 bits per heavy atom. The predicted molar refractivity (Wildman–Crippen MR) is 305 cm³/mol. The standard InChI is InChI=1S/C64H123NO4/c1-3-5-7-9-11-13-15-17-19-21-23-25-27-29-30-31-32-33-34-35-37-39-41-43-45-47-49-51-53-55-57-61(67)59-64(69)65-62(60-66)63(68)58-56-54-52-50-48-46-44-42-40-38-36-28-26-24-22-20-18-16-14-12-10-8-6-4-2/h40,42,48,50,56,58,61-63,66-68H,3-39,41,43-47,49,51-55,57,59-60H2,1-2H3,(H,65,69)/b42-40+,50-48+,58-56+. The van der Waals surface area contributed by atoms with Crippen LogP contribution >= 0.6 is 0 Å². The molecule has 0 bridgehead atoms. The number of allylic oxidation sites excluding steroid dienone is 5. The quantitative estimate of drug-likeness (QED) is 0.0361. The van der Waals surface area contributed by atoms with Crippen molar-refractivity contribution in [2.45, 2.75) is 360 Å². The number of unbranched alkanes of at least 4 members (excludes halogenated alkanes) is 45. The second kappa shape index (κ2) is 59.1. The molecule has 0 heterocycles. The summed E-state index contributed by atoms with van der Waals surface area (Å²) in [6.07, 6.45) is 78.0. The number of amides is 1. The van der Waals surface area contributed by atoms with Crippen molar-refractivity contribution in [1.29, 1.82) is 0 Å². The first kappa shape index (κ1) is 67.6. The van der Waals surface area contributed by atoms with Gasteiger partial charge in [0.2, 0.25) is 5.91 Å². The molecule has 69 heavy (non-hydrogen) atoms. The van der Waals surface area contributed by atoms with Gasteiger partial charge in [0.1, 0.15) is 0 Å². The molecule has 0 radical (unpaired) electrons. The van der Waals surface area contributed by atoms with Crippen LogP contribution in [0.15, 0.2) is 36.5 Å².